The number of hydrogen-bond donors (Lipinski definition) is 14. The lowest BCUT2D eigenvalue weighted by Crippen LogP contribution is -2.64. The number of nitrogens with zero attached hydrogens (tertiary/aromatic N) is 2. The van der Waals surface area contributed by atoms with Crippen molar-refractivity contribution in [3.05, 3.63) is 29.8 Å². The minimum Gasteiger partial charge on any atom is -0.508 e. The van der Waals surface area contributed by atoms with Gasteiger partial charge < -0.3 is 82.8 Å². The number of aromatic hydroxyl groups is 1. The fourth-order valence-corrected chi connectivity index (χ4v) is 6.92. The molecule has 3 heterocycles. The zero-order valence-corrected chi connectivity index (χ0v) is 30.7. The van der Waals surface area contributed by atoms with Gasteiger partial charge in [0.2, 0.25) is 35.4 Å². The van der Waals surface area contributed by atoms with Crippen LogP contribution in [0.5, 0.6) is 5.75 Å². The highest BCUT2D eigenvalue weighted by molar-refractivity contribution is 5.98. The van der Waals surface area contributed by atoms with E-state index < -0.39 is 146 Å². The molecule has 22 heteroatoms. The van der Waals surface area contributed by atoms with E-state index in [0.29, 0.717) is 0 Å². The van der Waals surface area contributed by atoms with Crippen molar-refractivity contribution in [1.82, 2.24) is 31.1 Å². The molecule has 3 fully saturated rings. The summed E-state index contributed by atoms with van der Waals surface area (Å²) < 4.78 is 0. The smallest absolute Gasteiger partial charge is 0.248 e. The van der Waals surface area contributed by atoms with Gasteiger partial charge >= 0.3 is 0 Å². The molecular formula is C34H51N7O15. The summed E-state index contributed by atoms with van der Waals surface area (Å²) in [5.41, 5.74) is 5.88. The first-order valence-electron chi connectivity index (χ1n) is 18.0. The Balaban J connectivity index is 1.80. The molecule has 2 unspecified atom stereocenters. The van der Waals surface area contributed by atoms with Gasteiger partial charge in [0.15, 0.2) is 6.23 Å². The van der Waals surface area contributed by atoms with Crippen molar-refractivity contribution in [2.75, 3.05) is 13.1 Å². The summed E-state index contributed by atoms with van der Waals surface area (Å²) >= 11 is 0. The van der Waals surface area contributed by atoms with E-state index in [2.05, 4.69) is 16.0 Å². The van der Waals surface area contributed by atoms with Crippen molar-refractivity contribution in [3.8, 4) is 5.75 Å². The molecule has 3 aliphatic rings. The predicted molar refractivity (Wildman–Crippen MR) is 188 cm³/mol. The van der Waals surface area contributed by atoms with E-state index in [1.807, 2.05) is 5.32 Å². The van der Waals surface area contributed by atoms with Gasteiger partial charge in [-0.2, -0.15) is 0 Å². The molecule has 15 atom stereocenters. The molecule has 0 radical (unpaired) electrons. The zero-order chi connectivity index (χ0) is 41.9. The van der Waals surface area contributed by atoms with Crippen molar-refractivity contribution in [1.29, 1.82) is 0 Å². The highest BCUT2D eigenvalue weighted by Crippen LogP contribution is 2.27. The number of phenols is 1. The number of rotatable bonds is 5. The first-order valence-corrected chi connectivity index (χ1v) is 18.0. The van der Waals surface area contributed by atoms with Crippen LogP contribution >= 0.6 is 0 Å². The molecule has 4 rings (SSSR count). The van der Waals surface area contributed by atoms with Crippen LogP contribution in [-0.2, 0) is 28.8 Å². The number of nitrogens with two attached hydrogens (primary N) is 1. The second-order valence-corrected chi connectivity index (χ2v) is 14.6. The topological polar surface area (TPSA) is 365 Å². The first kappa shape index (κ1) is 44.2. The van der Waals surface area contributed by atoms with Crippen LogP contribution in [0.15, 0.2) is 24.3 Å². The maximum atomic E-state index is 14.0. The molecule has 0 bridgehead atoms. The van der Waals surface area contributed by atoms with Crippen molar-refractivity contribution in [2.24, 2.45) is 11.7 Å². The van der Waals surface area contributed by atoms with Gasteiger partial charge in [-0.3, -0.25) is 28.8 Å². The highest BCUT2D eigenvalue weighted by atomic mass is 16.3. The Hall–Kier alpha value is -4.52. The van der Waals surface area contributed by atoms with Crippen LogP contribution in [0.25, 0.3) is 0 Å². The van der Waals surface area contributed by atoms with E-state index in [-0.39, 0.29) is 17.9 Å². The molecule has 0 aromatic heterocycles. The summed E-state index contributed by atoms with van der Waals surface area (Å²) in [7, 11) is 0. The Bertz CT molecular complexity index is 1620. The Morgan fingerprint density at radius 2 is 1.23 bits per heavy atom. The molecule has 6 amide bonds. The van der Waals surface area contributed by atoms with Gasteiger partial charge in [0.25, 0.3) is 0 Å². The molecule has 15 N–H and O–H groups in total. The number of aliphatic hydroxyl groups excluding tert-OH is 8. The number of amides is 6. The molecule has 0 spiro atoms. The molecule has 0 aliphatic carbocycles. The molecule has 56 heavy (non-hydrogen) atoms. The lowest BCUT2D eigenvalue weighted by molar-refractivity contribution is -0.148. The molecule has 0 saturated carbocycles. The third kappa shape index (κ3) is 9.70. The molecular weight excluding hydrogens is 746 g/mol. The first-order chi connectivity index (χ1) is 26.1. The van der Waals surface area contributed by atoms with Gasteiger partial charge in [-0.1, -0.05) is 19.1 Å². The number of benzene rings is 1. The minimum atomic E-state index is -2.24. The molecule has 1 aromatic carbocycles. The molecule has 312 valence electrons. The highest BCUT2D eigenvalue weighted by Gasteiger charge is 2.50. The van der Waals surface area contributed by atoms with E-state index in [1.165, 1.54) is 19.1 Å². The third-order valence-corrected chi connectivity index (χ3v) is 10.2. The SMILES string of the molecule is CC(O)[C@@H]1NC(=O)[C@H]([C@H](O)[C@@H](O)c2ccc(O)cc2)NC(=O)[C@@H]2C[C@@H](O)CN2C(=O)[C@H](C(C)O)NC(=O)[C@@H](N)C[C@H](O)[C@@H](O)NC(=O)[C@@H]2[C@@H](O)[C@@H](C)CN2C1=O. The van der Waals surface area contributed by atoms with Gasteiger partial charge in [-0.05, 0) is 31.5 Å². The fourth-order valence-electron chi connectivity index (χ4n) is 6.92. The average Bonchev–Trinajstić information content (AvgIpc) is 3.68. The van der Waals surface area contributed by atoms with Crippen molar-refractivity contribution < 1.29 is 74.7 Å². The lowest BCUT2D eigenvalue weighted by Gasteiger charge is -2.34. The number of carbonyl (C=O) groups is 6. The van der Waals surface area contributed by atoms with Crippen LogP contribution < -0.4 is 27.0 Å². The van der Waals surface area contributed by atoms with Gasteiger partial charge in [-0.25, -0.2) is 0 Å². The summed E-state index contributed by atoms with van der Waals surface area (Å²) in [5, 5.41) is 105. The Morgan fingerprint density at radius 3 is 1.80 bits per heavy atom. The van der Waals surface area contributed by atoms with Crippen molar-refractivity contribution >= 4 is 35.4 Å². The Morgan fingerprint density at radius 1 is 0.696 bits per heavy atom. The average molecular weight is 798 g/mol. The van der Waals surface area contributed by atoms with Crippen LogP contribution in [0.4, 0.5) is 0 Å². The number of aliphatic hydroxyl groups is 8. The fraction of sp³-hybridized carbons (Fsp3) is 0.647. The van der Waals surface area contributed by atoms with Crippen molar-refractivity contribution in [2.45, 2.75) is 119 Å². The Kier molecular flexibility index (Phi) is 14.3. The second-order valence-electron chi connectivity index (χ2n) is 14.6. The Labute approximate surface area is 320 Å². The number of fused-ring (bicyclic) bond motifs is 2. The summed E-state index contributed by atoms with van der Waals surface area (Å²) in [5.74, 6) is -8.12. The minimum absolute atomic E-state index is 0.0501. The van der Waals surface area contributed by atoms with Crippen LogP contribution in [0, 0.1) is 5.92 Å². The van der Waals surface area contributed by atoms with E-state index in [0.717, 1.165) is 35.8 Å². The predicted octanol–water partition coefficient (Wildman–Crippen LogP) is -7.30. The van der Waals surface area contributed by atoms with E-state index >= 15 is 0 Å². The molecule has 3 saturated heterocycles. The second kappa shape index (κ2) is 18.2. The molecule has 1 aromatic rings. The van der Waals surface area contributed by atoms with Crippen molar-refractivity contribution in [3.63, 3.8) is 0 Å². The van der Waals surface area contributed by atoms with E-state index in [9.17, 15) is 74.7 Å². The van der Waals surface area contributed by atoms with E-state index in [4.69, 9.17) is 5.73 Å². The van der Waals surface area contributed by atoms with Gasteiger partial charge in [0, 0.05) is 31.8 Å². The van der Waals surface area contributed by atoms with Crippen LogP contribution in [0.2, 0.25) is 0 Å². The lowest BCUT2D eigenvalue weighted by atomic mass is 9.96. The summed E-state index contributed by atoms with van der Waals surface area (Å²) in [6, 6.07) is -6.28. The monoisotopic (exact) mass is 797 g/mol. The third-order valence-electron chi connectivity index (χ3n) is 10.2. The van der Waals surface area contributed by atoms with Gasteiger partial charge in [0.1, 0.15) is 54.3 Å². The van der Waals surface area contributed by atoms with Crippen LogP contribution in [0.1, 0.15) is 45.3 Å². The maximum absolute atomic E-state index is 14.0. The molecule has 3 aliphatic heterocycles. The number of phenolic OH excluding ortho intramolecular Hbond substituents is 1. The standard InChI is InChI=1S/C34H51N7O15/c1-12-10-41-24(25(12)47)32(54)39-30(52)20(46)9-18(35)28(50)36-21(13(2)42)33(55)40-11-17(45)8-19(40)29(51)38-23(31(53)37-22(14(3)43)34(41)56)27(49)26(48)15-4-6-16(44)7-5-15/h4-7,12-14,17-27,30,42-49,52H,8-11,35H2,1-3H3,(H,36,50)(H,37,53)(H,38,51)(H,39,54)/t12-,13?,14?,17+,18-,19-,20-,21-,22-,23-,24-,25-,26-,27-,30+/m0/s1. The van der Waals surface area contributed by atoms with Crippen LogP contribution in [0.3, 0.4) is 0 Å². The summed E-state index contributed by atoms with van der Waals surface area (Å²) in [4.78, 5) is 83.9. The normalized spacial score (nSPS) is 35.2. The number of nitrogens with one attached hydrogen (secondary N) is 4. The van der Waals surface area contributed by atoms with Gasteiger partial charge in [0.05, 0.1) is 30.5 Å². The molecule has 22 nitrogen and oxygen atoms in total. The maximum Gasteiger partial charge on any atom is 0.248 e. The quantitative estimate of drug-likeness (QED) is 0.132. The largest absolute Gasteiger partial charge is 0.508 e. The number of hydrogen-bond acceptors (Lipinski definition) is 16. The van der Waals surface area contributed by atoms with Crippen LogP contribution in [-0.4, -0.2) is 183 Å². The summed E-state index contributed by atoms with van der Waals surface area (Å²) in [6.45, 7) is 2.85. The zero-order valence-electron chi connectivity index (χ0n) is 30.7. The van der Waals surface area contributed by atoms with E-state index in [1.54, 1.807) is 0 Å². The van der Waals surface area contributed by atoms with Gasteiger partial charge in [-0.15, -0.1) is 0 Å². The number of carbonyl (C=O) groups excluding carboxylic acids is 6. The summed E-state index contributed by atoms with van der Waals surface area (Å²) in [6.07, 6.45) is -15.8.